The predicted molar refractivity (Wildman–Crippen MR) is 83.1 cm³/mol. The molecule has 0 bridgehead atoms. The number of aromatic carboxylic acids is 1. The van der Waals surface area contributed by atoms with E-state index in [0.717, 1.165) is 17.3 Å². The number of carboxylic acids is 1. The van der Waals surface area contributed by atoms with Crippen molar-refractivity contribution in [1.29, 1.82) is 0 Å². The summed E-state index contributed by atoms with van der Waals surface area (Å²) in [7, 11) is 0. The van der Waals surface area contributed by atoms with Crippen LogP contribution in [0.25, 0.3) is 0 Å². The number of halogens is 1. The smallest absolute Gasteiger partial charge is 0.336 e. The molecule has 0 saturated heterocycles. The Balaban J connectivity index is 2.50. The van der Waals surface area contributed by atoms with Crippen LogP contribution in [0, 0.1) is 17.0 Å². The Bertz CT molecular complexity index is 733. The third kappa shape index (κ3) is 3.62. The molecule has 5 nitrogen and oxygen atoms in total. The highest BCUT2D eigenvalue weighted by Crippen LogP contribution is 2.38. The van der Waals surface area contributed by atoms with Crippen LogP contribution in [0.2, 0.25) is 0 Å². The molecule has 0 heterocycles. The summed E-state index contributed by atoms with van der Waals surface area (Å²) in [6, 6.07) is 9.59. The Labute approximate surface area is 133 Å². The number of nitrogens with zero attached hydrogens (tertiary/aromatic N) is 1. The molecule has 0 aliphatic heterocycles. The molecule has 0 radical (unpaired) electrons. The summed E-state index contributed by atoms with van der Waals surface area (Å²) in [6.45, 7) is 1.77. The summed E-state index contributed by atoms with van der Waals surface area (Å²) in [5.41, 5.74) is 0.855. The summed E-state index contributed by atoms with van der Waals surface area (Å²) in [6.07, 6.45) is 0. The van der Waals surface area contributed by atoms with E-state index in [1.807, 2.05) is 0 Å². The zero-order valence-electron chi connectivity index (χ0n) is 10.9. The first kappa shape index (κ1) is 15.5. The number of benzene rings is 2. The van der Waals surface area contributed by atoms with Crippen molar-refractivity contribution in [3.63, 3.8) is 0 Å². The van der Waals surface area contributed by atoms with Gasteiger partial charge in [0.05, 0.1) is 15.4 Å². The van der Waals surface area contributed by atoms with Gasteiger partial charge in [0.25, 0.3) is 5.69 Å². The van der Waals surface area contributed by atoms with Crippen LogP contribution in [0.3, 0.4) is 0 Å². The number of aryl methyl sites for hydroxylation is 1. The van der Waals surface area contributed by atoms with Crippen molar-refractivity contribution in [2.24, 2.45) is 0 Å². The highest BCUT2D eigenvalue weighted by Gasteiger charge is 2.18. The van der Waals surface area contributed by atoms with Gasteiger partial charge < -0.3 is 5.11 Å². The van der Waals surface area contributed by atoms with Crippen molar-refractivity contribution in [2.75, 3.05) is 0 Å². The van der Waals surface area contributed by atoms with E-state index in [9.17, 15) is 20.0 Å². The SMILES string of the molecule is Cc1ccc(Sc2cc(Br)ccc2C(=O)O)c([N+](=O)[O-])c1. The quantitative estimate of drug-likeness (QED) is 0.634. The Morgan fingerprint density at radius 1 is 1.24 bits per heavy atom. The Kier molecular flexibility index (Phi) is 4.64. The van der Waals surface area contributed by atoms with Crippen molar-refractivity contribution in [2.45, 2.75) is 16.7 Å². The molecule has 2 aromatic carbocycles. The summed E-state index contributed by atoms with van der Waals surface area (Å²) in [5.74, 6) is -1.07. The molecule has 0 unspecified atom stereocenters. The van der Waals surface area contributed by atoms with E-state index < -0.39 is 10.9 Å². The van der Waals surface area contributed by atoms with Crippen molar-refractivity contribution >= 4 is 39.3 Å². The van der Waals surface area contributed by atoms with Crippen LogP contribution in [-0.2, 0) is 0 Å². The highest BCUT2D eigenvalue weighted by atomic mass is 79.9. The molecule has 0 aromatic heterocycles. The second kappa shape index (κ2) is 6.28. The Morgan fingerprint density at radius 2 is 1.95 bits per heavy atom. The normalized spacial score (nSPS) is 10.4. The van der Waals surface area contributed by atoms with Crippen molar-refractivity contribution in [1.82, 2.24) is 0 Å². The summed E-state index contributed by atoms with van der Waals surface area (Å²) in [4.78, 5) is 22.7. The minimum Gasteiger partial charge on any atom is -0.478 e. The first-order valence-electron chi connectivity index (χ1n) is 5.84. The van der Waals surface area contributed by atoms with E-state index in [0.29, 0.717) is 14.3 Å². The number of nitro groups is 1. The van der Waals surface area contributed by atoms with E-state index in [4.69, 9.17) is 0 Å². The topological polar surface area (TPSA) is 80.4 Å². The Morgan fingerprint density at radius 3 is 2.57 bits per heavy atom. The largest absolute Gasteiger partial charge is 0.478 e. The van der Waals surface area contributed by atoms with Crippen molar-refractivity contribution in [3.8, 4) is 0 Å². The molecule has 0 atom stereocenters. The first-order chi connectivity index (χ1) is 9.88. The second-order valence-corrected chi connectivity index (χ2v) is 6.28. The molecule has 108 valence electrons. The van der Waals surface area contributed by atoms with E-state index >= 15 is 0 Å². The zero-order valence-corrected chi connectivity index (χ0v) is 13.3. The van der Waals surface area contributed by atoms with Gasteiger partial charge in [-0.1, -0.05) is 33.8 Å². The van der Waals surface area contributed by atoms with Gasteiger partial charge in [0.1, 0.15) is 0 Å². The first-order valence-corrected chi connectivity index (χ1v) is 7.45. The second-order valence-electron chi connectivity index (χ2n) is 4.28. The lowest BCUT2D eigenvalue weighted by molar-refractivity contribution is -0.387. The van der Waals surface area contributed by atoms with Gasteiger partial charge in [-0.25, -0.2) is 4.79 Å². The maximum absolute atomic E-state index is 11.2. The number of nitro benzene ring substituents is 1. The molecule has 0 spiro atoms. The average Bonchev–Trinajstić information content (AvgIpc) is 2.40. The molecule has 1 N–H and O–H groups in total. The number of hydrogen-bond acceptors (Lipinski definition) is 4. The molecule has 0 aliphatic rings. The number of hydrogen-bond donors (Lipinski definition) is 1. The van der Waals surface area contributed by atoms with Gasteiger partial charge in [-0.3, -0.25) is 10.1 Å². The van der Waals surface area contributed by atoms with Crippen LogP contribution in [0.4, 0.5) is 5.69 Å². The van der Waals surface area contributed by atoms with Crippen LogP contribution in [-0.4, -0.2) is 16.0 Å². The molecule has 0 fully saturated rings. The maximum Gasteiger partial charge on any atom is 0.336 e. The van der Waals surface area contributed by atoms with Crippen LogP contribution >= 0.6 is 27.7 Å². The van der Waals surface area contributed by atoms with Gasteiger partial charge in [-0.15, -0.1) is 0 Å². The number of carbonyl (C=O) groups is 1. The number of carboxylic acid groups (broad SMARTS) is 1. The van der Waals surface area contributed by atoms with Gasteiger partial charge in [0, 0.05) is 15.4 Å². The lowest BCUT2D eigenvalue weighted by atomic mass is 10.2. The minimum absolute atomic E-state index is 0.0312. The highest BCUT2D eigenvalue weighted by molar-refractivity contribution is 9.10. The van der Waals surface area contributed by atoms with E-state index in [-0.39, 0.29) is 11.3 Å². The molecular weight excluding hydrogens is 358 g/mol. The molecule has 7 heteroatoms. The molecule has 21 heavy (non-hydrogen) atoms. The standard InChI is InChI=1S/C14H10BrNO4S/c1-8-2-5-12(11(6-8)16(19)20)21-13-7-9(15)3-4-10(13)14(17)18/h2-7H,1H3,(H,17,18). The molecule has 0 saturated carbocycles. The minimum atomic E-state index is -1.07. The van der Waals surface area contributed by atoms with Crippen LogP contribution in [0.1, 0.15) is 15.9 Å². The molecular formula is C14H10BrNO4S. The molecule has 0 amide bonds. The van der Waals surface area contributed by atoms with Gasteiger partial charge in [-0.05, 0) is 36.8 Å². The molecule has 2 aromatic rings. The monoisotopic (exact) mass is 367 g/mol. The van der Waals surface area contributed by atoms with Crippen LogP contribution in [0.5, 0.6) is 0 Å². The Hall–Kier alpha value is -1.86. The fraction of sp³-hybridized carbons (Fsp3) is 0.0714. The fourth-order valence-electron chi connectivity index (χ4n) is 1.73. The van der Waals surface area contributed by atoms with Crippen LogP contribution < -0.4 is 0 Å². The fourth-order valence-corrected chi connectivity index (χ4v) is 3.31. The number of rotatable bonds is 4. The van der Waals surface area contributed by atoms with Gasteiger partial charge in [0.2, 0.25) is 0 Å². The third-order valence-electron chi connectivity index (χ3n) is 2.71. The zero-order chi connectivity index (χ0) is 15.6. The predicted octanol–water partition coefficient (Wildman–Crippen LogP) is 4.52. The van der Waals surface area contributed by atoms with Gasteiger partial charge in [-0.2, -0.15) is 0 Å². The molecule has 0 aliphatic carbocycles. The summed E-state index contributed by atoms with van der Waals surface area (Å²) < 4.78 is 0.713. The summed E-state index contributed by atoms with van der Waals surface area (Å²) >= 11 is 4.35. The van der Waals surface area contributed by atoms with E-state index in [1.54, 1.807) is 31.2 Å². The summed E-state index contributed by atoms with van der Waals surface area (Å²) in [5, 5.41) is 20.3. The third-order valence-corrected chi connectivity index (χ3v) is 4.32. The van der Waals surface area contributed by atoms with E-state index in [2.05, 4.69) is 15.9 Å². The van der Waals surface area contributed by atoms with E-state index in [1.165, 1.54) is 12.1 Å². The van der Waals surface area contributed by atoms with Gasteiger partial charge in [0.15, 0.2) is 0 Å². The average molecular weight is 368 g/mol. The lowest BCUT2D eigenvalue weighted by Crippen LogP contribution is -1.99. The lowest BCUT2D eigenvalue weighted by Gasteiger charge is -2.07. The maximum atomic E-state index is 11.2. The van der Waals surface area contributed by atoms with Crippen molar-refractivity contribution in [3.05, 3.63) is 62.1 Å². The van der Waals surface area contributed by atoms with Crippen molar-refractivity contribution < 1.29 is 14.8 Å². The molecule has 2 rings (SSSR count). The van der Waals surface area contributed by atoms with Crippen LogP contribution in [0.15, 0.2) is 50.7 Å². The van der Waals surface area contributed by atoms with Gasteiger partial charge >= 0.3 is 5.97 Å².